The molecule has 0 unspecified atom stereocenters. The Hall–Kier alpha value is -1.22. The molecule has 1 aromatic carbocycles. The fraction of sp³-hybridized carbons (Fsp3) is 0.650. The molecule has 6 nitrogen and oxygen atoms in total. The summed E-state index contributed by atoms with van der Waals surface area (Å²) in [5, 5.41) is 6.69. The first-order chi connectivity index (χ1) is 12.6. The Balaban J connectivity index is 0.00000676. The summed E-state index contributed by atoms with van der Waals surface area (Å²) in [7, 11) is 5.85. The van der Waals surface area contributed by atoms with Gasteiger partial charge in [-0.25, -0.2) is 0 Å². The number of methoxy groups -OCH3 is 1. The smallest absolute Gasteiger partial charge is 0.191 e. The number of ether oxygens (including phenoxy) is 2. The topological polar surface area (TPSA) is 58.1 Å². The first-order valence-corrected chi connectivity index (χ1v) is 9.57. The highest BCUT2D eigenvalue weighted by Gasteiger charge is 2.05. The van der Waals surface area contributed by atoms with Gasteiger partial charge in [0.25, 0.3) is 0 Å². The van der Waals surface area contributed by atoms with E-state index >= 15 is 0 Å². The van der Waals surface area contributed by atoms with Crippen molar-refractivity contribution in [2.75, 3.05) is 54.0 Å². The van der Waals surface area contributed by atoms with Crippen molar-refractivity contribution >= 4 is 29.9 Å². The Morgan fingerprint density at radius 3 is 2.52 bits per heavy atom. The number of hydrogen-bond acceptors (Lipinski definition) is 4. The number of benzene rings is 1. The molecule has 0 aliphatic carbocycles. The summed E-state index contributed by atoms with van der Waals surface area (Å²) in [5.74, 6) is 2.49. The molecular formula is C20H37IN4O2. The van der Waals surface area contributed by atoms with Crippen molar-refractivity contribution in [1.29, 1.82) is 0 Å². The number of aliphatic imine (C=N–C) groups is 1. The van der Waals surface area contributed by atoms with Gasteiger partial charge in [0.05, 0.1) is 13.7 Å². The molecule has 0 aliphatic rings. The number of nitrogens with zero attached hydrogens (tertiary/aromatic N) is 2. The lowest BCUT2D eigenvalue weighted by molar-refractivity contribution is 0.310. The molecule has 0 aliphatic heterocycles. The molecule has 156 valence electrons. The first-order valence-electron chi connectivity index (χ1n) is 9.57. The average molecular weight is 492 g/mol. The third kappa shape index (κ3) is 11.3. The second kappa shape index (κ2) is 15.8. The average Bonchev–Trinajstić information content (AvgIpc) is 2.62. The quantitative estimate of drug-likeness (QED) is 0.203. The summed E-state index contributed by atoms with van der Waals surface area (Å²) in [6.07, 6.45) is 3.06. The fourth-order valence-electron chi connectivity index (χ4n) is 2.56. The van der Waals surface area contributed by atoms with Crippen molar-refractivity contribution in [1.82, 2.24) is 15.5 Å². The number of guanidine groups is 1. The summed E-state index contributed by atoms with van der Waals surface area (Å²) in [6, 6.07) is 6.13. The molecule has 1 rings (SSSR count). The van der Waals surface area contributed by atoms with Gasteiger partial charge in [-0.15, -0.1) is 24.0 Å². The Morgan fingerprint density at radius 2 is 1.89 bits per heavy atom. The van der Waals surface area contributed by atoms with Crippen LogP contribution in [-0.4, -0.2) is 64.9 Å². The number of halogens is 1. The van der Waals surface area contributed by atoms with Gasteiger partial charge in [-0.1, -0.05) is 6.07 Å². The summed E-state index contributed by atoms with van der Waals surface area (Å²) < 4.78 is 11.0. The van der Waals surface area contributed by atoms with Gasteiger partial charge in [-0.2, -0.15) is 0 Å². The van der Waals surface area contributed by atoms with Gasteiger partial charge in [0, 0.05) is 19.6 Å². The predicted molar refractivity (Wildman–Crippen MR) is 125 cm³/mol. The van der Waals surface area contributed by atoms with Crippen LogP contribution in [-0.2, 0) is 6.42 Å². The summed E-state index contributed by atoms with van der Waals surface area (Å²) in [6.45, 7) is 8.37. The van der Waals surface area contributed by atoms with Gasteiger partial charge in [0.2, 0.25) is 0 Å². The van der Waals surface area contributed by atoms with Crippen LogP contribution in [0.2, 0.25) is 0 Å². The van der Waals surface area contributed by atoms with E-state index in [1.54, 1.807) is 7.11 Å². The third-order valence-electron chi connectivity index (χ3n) is 3.84. The zero-order valence-electron chi connectivity index (χ0n) is 17.5. The molecule has 0 fully saturated rings. The van der Waals surface area contributed by atoms with Gasteiger partial charge in [0.15, 0.2) is 17.5 Å². The lowest BCUT2D eigenvalue weighted by Crippen LogP contribution is -2.38. The maximum absolute atomic E-state index is 5.64. The Kier molecular flexibility index (Phi) is 15.1. The number of rotatable bonds is 12. The molecule has 0 saturated heterocycles. The molecule has 27 heavy (non-hydrogen) atoms. The maximum atomic E-state index is 5.64. The lowest BCUT2D eigenvalue weighted by atomic mass is 10.1. The van der Waals surface area contributed by atoms with Gasteiger partial charge in [-0.3, -0.25) is 4.99 Å². The molecule has 0 saturated carbocycles. The molecule has 0 aromatic heterocycles. The highest BCUT2D eigenvalue weighted by Crippen LogP contribution is 2.28. The second-order valence-corrected chi connectivity index (χ2v) is 6.37. The van der Waals surface area contributed by atoms with Crippen LogP contribution >= 0.6 is 24.0 Å². The molecule has 0 amide bonds. The van der Waals surface area contributed by atoms with E-state index in [1.807, 2.05) is 13.0 Å². The molecule has 1 aromatic rings. The van der Waals surface area contributed by atoms with Gasteiger partial charge in [0.1, 0.15) is 0 Å². The van der Waals surface area contributed by atoms with Crippen LogP contribution in [0.5, 0.6) is 11.5 Å². The molecule has 0 spiro atoms. The zero-order chi connectivity index (χ0) is 19.2. The van der Waals surface area contributed by atoms with Gasteiger partial charge >= 0.3 is 0 Å². The van der Waals surface area contributed by atoms with Crippen LogP contribution < -0.4 is 20.1 Å². The summed E-state index contributed by atoms with van der Waals surface area (Å²) >= 11 is 0. The monoisotopic (exact) mass is 492 g/mol. The van der Waals surface area contributed by atoms with Crippen LogP contribution in [0.1, 0.15) is 32.3 Å². The largest absolute Gasteiger partial charge is 0.493 e. The highest BCUT2D eigenvalue weighted by molar-refractivity contribution is 14.0. The van der Waals surface area contributed by atoms with Crippen LogP contribution in [0.15, 0.2) is 23.2 Å². The molecule has 0 radical (unpaired) electrons. The molecule has 0 bridgehead atoms. The predicted octanol–water partition coefficient (Wildman–Crippen LogP) is 3.15. The van der Waals surface area contributed by atoms with E-state index in [4.69, 9.17) is 9.47 Å². The van der Waals surface area contributed by atoms with Crippen LogP contribution in [0.3, 0.4) is 0 Å². The molecule has 0 atom stereocenters. The Labute approximate surface area is 182 Å². The molecule has 2 N–H and O–H groups in total. The molecule has 7 heteroatoms. The SMILES string of the molecule is CCNC(=NCCCc1ccc(OC)c(OCC)c1)NCCCN(C)C.I. The Morgan fingerprint density at radius 1 is 1.11 bits per heavy atom. The summed E-state index contributed by atoms with van der Waals surface area (Å²) in [5.41, 5.74) is 1.24. The van der Waals surface area contributed by atoms with Crippen molar-refractivity contribution in [2.45, 2.75) is 33.1 Å². The fourth-order valence-corrected chi connectivity index (χ4v) is 2.56. The maximum Gasteiger partial charge on any atom is 0.191 e. The Bertz CT molecular complexity index is 539. The number of aryl methyl sites for hydroxylation is 1. The van der Waals surface area contributed by atoms with E-state index in [0.29, 0.717) is 6.61 Å². The van der Waals surface area contributed by atoms with Crippen molar-refractivity contribution < 1.29 is 9.47 Å². The lowest BCUT2D eigenvalue weighted by Gasteiger charge is -2.13. The van der Waals surface area contributed by atoms with E-state index in [9.17, 15) is 0 Å². The highest BCUT2D eigenvalue weighted by atomic mass is 127. The van der Waals surface area contributed by atoms with E-state index in [1.165, 1.54) is 5.56 Å². The summed E-state index contributed by atoms with van der Waals surface area (Å²) in [4.78, 5) is 6.85. The van der Waals surface area contributed by atoms with Crippen LogP contribution in [0.25, 0.3) is 0 Å². The van der Waals surface area contributed by atoms with Crippen LogP contribution in [0.4, 0.5) is 0 Å². The minimum absolute atomic E-state index is 0. The van der Waals surface area contributed by atoms with E-state index in [2.05, 4.69) is 53.7 Å². The van der Waals surface area contributed by atoms with Gasteiger partial charge < -0.3 is 25.0 Å². The molecular weight excluding hydrogens is 455 g/mol. The van der Waals surface area contributed by atoms with E-state index in [0.717, 1.165) is 62.9 Å². The van der Waals surface area contributed by atoms with Crippen molar-refractivity contribution in [3.63, 3.8) is 0 Å². The second-order valence-electron chi connectivity index (χ2n) is 6.37. The zero-order valence-corrected chi connectivity index (χ0v) is 19.8. The number of hydrogen-bond donors (Lipinski definition) is 2. The van der Waals surface area contributed by atoms with E-state index < -0.39 is 0 Å². The van der Waals surface area contributed by atoms with Crippen molar-refractivity contribution in [3.05, 3.63) is 23.8 Å². The number of nitrogens with one attached hydrogen (secondary N) is 2. The normalized spacial score (nSPS) is 11.1. The first kappa shape index (κ1) is 25.8. The van der Waals surface area contributed by atoms with Crippen molar-refractivity contribution in [2.24, 2.45) is 4.99 Å². The standard InChI is InChI=1S/C20H36N4O2.HI/c1-6-21-20(23-14-9-15-24(3)4)22-13-8-10-17-11-12-18(25-5)19(16-17)26-7-2;/h11-12,16H,6-10,13-15H2,1-5H3,(H2,21,22,23);1H. The van der Waals surface area contributed by atoms with Crippen LogP contribution in [0, 0.1) is 0 Å². The minimum Gasteiger partial charge on any atom is -0.493 e. The van der Waals surface area contributed by atoms with Crippen molar-refractivity contribution in [3.8, 4) is 11.5 Å². The molecule has 0 heterocycles. The van der Waals surface area contributed by atoms with Gasteiger partial charge in [-0.05, 0) is 71.4 Å². The minimum atomic E-state index is 0. The van der Waals surface area contributed by atoms with E-state index in [-0.39, 0.29) is 24.0 Å². The third-order valence-corrected chi connectivity index (χ3v) is 3.84.